The van der Waals surface area contributed by atoms with Gasteiger partial charge in [-0.3, -0.25) is 0 Å². The molecule has 2 aliphatic heterocycles. The number of hydrogen-bond donors (Lipinski definition) is 0. The van der Waals surface area contributed by atoms with Gasteiger partial charge in [0.15, 0.2) is 0 Å². The predicted octanol–water partition coefficient (Wildman–Crippen LogP) is -1.06. The zero-order valence-corrected chi connectivity index (χ0v) is 11.0. The van der Waals surface area contributed by atoms with Gasteiger partial charge in [0.05, 0.1) is 0 Å². The first-order valence-electron chi connectivity index (χ1n) is 5.59. The van der Waals surface area contributed by atoms with Crippen molar-refractivity contribution in [2.45, 2.75) is 0 Å². The van der Waals surface area contributed by atoms with Gasteiger partial charge in [0.1, 0.15) is 0 Å². The molecule has 6 heteroatoms. The van der Waals surface area contributed by atoms with Crippen molar-refractivity contribution in [2.75, 3.05) is 52.6 Å². The van der Waals surface area contributed by atoms with Gasteiger partial charge < -0.3 is 0 Å². The summed E-state index contributed by atoms with van der Waals surface area (Å²) < 4.78 is 11.5. The van der Waals surface area contributed by atoms with Crippen LogP contribution in [0.4, 0.5) is 0 Å². The maximum absolute atomic E-state index is 5.30. The summed E-state index contributed by atoms with van der Waals surface area (Å²) in [5.74, 6) is 0. The Labute approximate surface area is 104 Å². The van der Waals surface area contributed by atoms with Crippen molar-refractivity contribution < 1.29 is 9.47 Å². The van der Waals surface area contributed by atoms with E-state index in [4.69, 9.17) is 9.47 Å². The predicted molar refractivity (Wildman–Crippen MR) is 64.0 cm³/mol. The standard InChI is InChI=1S/C10H17N3O2Se/c16-10(13-3-7-15-8-4-13)11-9-12-1-5-14-6-2-12/h9H,1-8H2. The first kappa shape index (κ1) is 12.0. The Bertz CT molecular complexity index is 261. The van der Waals surface area contributed by atoms with E-state index in [1.165, 1.54) is 0 Å². The van der Waals surface area contributed by atoms with Crippen molar-refractivity contribution in [2.24, 2.45) is 4.99 Å². The molecule has 0 bridgehead atoms. The molecule has 2 heterocycles. The molecule has 0 atom stereocenters. The third kappa shape index (κ3) is 3.56. The second-order valence-electron chi connectivity index (χ2n) is 3.77. The summed E-state index contributed by atoms with van der Waals surface area (Å²) in [5, 5.41) is 0. The Morgan fingerprint density at radius 1 is 1.00 bits per heavy atom. The average Bonchev–Trinajstić information content (AvgIpc) is 2.38. The third-order valence-corrected chi connectivity index (χ3v) is 3.42. The van der Waals surface area contributed by atoms with E-state index in [0.717, 1.165) is 57.3 Å². The summed E-state index contributed by atoms with van der Waals surface area (Å²) in [5.41, 5.74) is 0. The molecule has 2 rings (SSSR count). The molecule has 16 heavy (non-hydrogen) atoms. The Morgan fingerprint density at radius 3 is 2.19 bits per heavy atom. The van der Waals surface area contributed by atoms with Gasteiger partial charge in [-0.25, -0.2) is 0 Å². The first-order chi connectivity index (χ1) is 7.86. The molecule has 5 nitrogen and oxygen atoms in total. The third-order valence-electron chi connectivity index (χ3n) is 2.66. The summed E-state index contributed by atoms with van der Waals surface area (Å²) in [7, 11) is 0. The van der Waals surface area contributed by atoms with Gasteiger partial charge in [0.2, 0.25) is 0 Å². The van der Waals surface area contributed by atoms with Gasteiger partial charge in [-0.05, 0) is 0 Å². The van der Waals surface area contributed by atoms with E-state index in [2.05, 4.69) is 30.4 Å². The number of hydrogen-bond acceptors (Lipinski definition) is 4. The molecule has 2 aliphatic rings. The average molecular weight is 290 g/mol. The summed E-state index contributed by atoms with van der Waals surface area (Å²) in [4.78, 5) is 8.84. The van der Waals surface area contributed by atoms with Gasteiger partial charge in [-0.15, -0.1) is 0 Å². The zero-order chi connectivity index (χ0) is 11.2. The fourth-order valence-electron chi connectivity index (χ4n) is 1.66. The number of nitrogens with zero attached hydrogens (tertiary/aromatic N) is 3. The molecule has 0 spiro atoms. The van der Waals surface area contributed by atoms with Crippen molar-refractivity contribution in [1.29, 1.82) is 0 Å². The number of rotatable bonds is 3. The molecule has 0 saturated carbocycles. The van der Waals surface area contributed by atoms with Crippen LogP contribution in [0.25, 0.3) is 0 Å². The molecule has 2 saturated heterocycles. The Balaban J connectivity index is 1.78. The van der Waals surface area contributed by atoms with Gasteiger partial charge >= 0.3 is 103 Å². The maximum atomic E-state index is 5.30. The number of ether oxygens (including phenoxy) is 2. The van der Waals surface area contributed by atoms with Crippen LogP contribution < -0.4 is 0 Å². The number of aliphatic imine (C=N–C) groups is 1. The minimum atomic E-state index is 0.790. The SMILES string of the molecule is [Se]=C(N=CN1CCOCC1)N1CCOCC1. The van der Waals surface area contributed by atoms with Crippen LogP contribution in [0.3, 0.4) is 0 Å². The second-order valence-corrected chi connectivity index (χ2v) is 4.54. The van der Waals surface area contributed by atoms with Crippen molar-refractivity contribution >= 4 is 26.6 Å². The topological polar surface area (TPSA) is 37.3 Å². The fourth-order valence-corrected chi connectivity index (χ4v) is 2.14. The second kappa shape index (κ2) is 6.35. The molecule has 0 aromatic carbocycles. The molecule has 0 unspecified atom stereocenters. The quantitative estimate of drug-likeness (QED) is 0.377. The van der Waals surface area contributed by atoms with Crippen molar-refractivity contribution in [1.82, 2.24) is 9.80 Å². The van der Waals surface area contributed by atoms with Gasteiger partial charge in [-0.2, -0.15) is 0 Å². The van der Waals surface area contributed by atoms with Crippen LogP contribution in [0.5, 0.6) is 0 Å². The number of morpholine rings is 2. The van der Waals surface area contributed by atoms with Crippen LogP contribution in [-0.4, -0.2) is 89.0 Å². The van der Waals surface area contributed by atoms with E-state index >= 15 is 0 Å². The first-order valence-corrected chi connectivity index (χ1v) is 6.44. The molecular weight excluding hydrogens is 273 g/mol. The molecule has 0 aromatic rings. The Kier molecular flexibility index (Phi) is 4.78. The molecule has 0 aliphatic carbocycles. The van der Waals surface area contributed by atoms with Gasteiger partial charge in [-0.1, -0.05) is 0 Å². The van der Waals surface area contributed by atoms with Gasteiger partial charge in [0, 0.05) is 0 Å². The van der Waals surface area contributed by atoms with Crippen LogP contribution in [0.15, 0.2) is 4.99 Å². The van der Waals surface area contributed by atoms with Crippen LogP contribution in [0, 0.1) is 0 Å². The van der Waals surface area contributed by atoms with Crippen LogP contribution in [0.2, 0.25) is 0 Å². The van der Waals surface area contributed by atoms with E-state index in [1.807, 2.05) is 6.34 Å². The Hall–Kier alpha value is -0.421. The molecule has 0 amide bonds. The van der Waals surface area contributed by atoms with Crippen molar-refractivity contribution in [3.63, 3.8) is 0 Å². The van der Waals surface area contributed by atoms with Crippen molar-refractivity contribution in [3.05, 3.63) is 0 Å². The summed E-state index contributed by atoms with van der Waals surface area (Å²) in [6.07, 6.45) is 1.91. The van der Waals surface area contributed by atoms with Crippen LogP contribution >= 0.6 is 0 Å². The molecule has 0 aromatic heterocycles. The molecule has 0 N–H and O–H groups in total. The van der Waals surface area contributed by atoms with Crippen molar-refractivity contribution in [3.8, 4) is 0 Å². The summed E-state index contributed by atoms with van der Waals surface area (Å²) >= 11 is 3.02. The molecule has 90 valence electrons. The van der Waals surface area contributed by atoms with E-state index in [-0.39, 0.29) is 0 Å². The monoisotopic (exact) mass is 291 g/mol. The molecule has 0 radical (unpaired) electrons. The van der Waals surface area contributed by atoms with Crippen LogP contribution in [-0.2, 0) is 9.47 Å². The summed E-state index contributed by atoms with van der Waals surface area (Å²) in [6.45, 7) is 6.88. The molecular formula is C10H17N3O2Se. The molecule has 2 fully saturated rings. The van der Waals surface area contributed by atoms with E-state index in [1.54, 1.807) is 0 Å². The fraction of sp³-hybridized carbons (Fsp3) is 0.800. The summed E-state index contributed by atoms with van der Waals surface area (Å²) in [6, 6.07) is 0. The van der Waals surface area contributed by atoms with Crippen LogP contribution in [0.1, 0.15) is 0 Å². The van der Waals surface area contributed by atoms with E-state index in [0.29, 0.717) is 0 Å². The zero-order valence-electron chi connectivity index (χ0n) is 9.30. The van der Waals surface area contributed by atoms with Gasteiger partial charge in [0.25, 0.3) is 0 Å². The Morgan fingerprint density at radius 2 is 1.56 bits per heavy atom. The minimum absolute atomic E-state index is 0.790. The normalized spacial score (nSPS) is 22.8. The van der Waals surface area contributed by atoms with E-state index in [9.17, 15) is 0 Å². The van der Waals surface area contributed by atoms with E-state index < -0.39 is 0 Å².